The van der Waals surface area contributed by atoms with Gasteiger partial charge in [-0.25, -0.2) is 13.8 Å². The summed E-state index contributed by atoms with van der Waals surface area (Å²) in [6, 6.07) is 8.17. The fourth-order valence-electron chi connectivity index (χ4n) is 3.61. The SMILES string of the molecule is Cc1c(CNc2cccc(-c3ncc4n3CCCC4)c2)cnn1CC(F)F. The summed E-state index contributed by atoms with van der Waals surface area (Å²) >= 11 is 0. The molecular weight excluding hydrogens is 348 g/mol. The number of fused-ring (bicyclic) bond motifs is 1. The number of halogens is 2. The number of aromatic nitrogens is 4. The lowest BCUT2D eigenvalue weighted by molar-refractivity contribution is 0.121. The van der Waals surface area contributed by atoms with Crippen LogP contribution in [0.1, 0.15) is 29.8 Å². The van der Waals surface area contributed by atoms with Gasteiger partial charge in [-0.2, -0.15) is 5.10 Å². The van der Waals surface area contributed by atoms with Crippen LogP contribution in [0.5, 0.6) is 0 Å². The van der Waals surface area contributed by atoms with Crippen LogP contribution >= 0.6 is 0 Å². The Morgan fingerprint density at radius 3 is 2.96 bits per heavy atom. The van der Waals surface area contributed by atoms with Crippen molar-refractivity contribution in [2.45, 2.75) is 52.2 Å². The van der Waals surface area contributed by atoms with E-state index in [1.165, 1.54) is 23.2 Å². The Labute approximate surface area is 157 Å². The fourth-order valence-corrected chi connectivity index (χ4v) is 3.61. The van der Waals surface area contributed by atoms with Crippen LogP contribution in [0, 0.1) is 6.92 Å². The molecule has 1 aliphatic rings. The van der Waals surface area contributed by atoms with E-state index in [1.54, 1.807) is 6.20 Å². The molecule has 0 amide bonds. The summed E-state index contributed by atoms with van der Waals surface area (Å²) in [4.78, 5) is 4.62. The molecule has 0 atom stereocenters. The minimum Gasteiger partial charge on any atom is -0.381 e. The Bertz CT molecular complexity index is 928. The monoisotopic (exact) mass is 371 g/mol. The van der Waals surface area contributed by atoms with Crippen LogP contribution in [0.3, 0.4) is 0 Å². The smallest absolute Gasteiger partial charge is 0.257 e. The molecule has 0 radical (unpaired) electrons. The lowest BCUT2D eigenvalue weighted by Gasteiger charge is -2.17. The number of aryl methyl sites for hydroxylation is 1. The van der Waals surface area contributed by atoms with Crippen LogP contribution in [-0.2, 0) is 26.1 Å². The fraction of sp³-hybridized carbons (Fsp3) is 0.400. The number of rotatable bonds is 6. The molecule has 0 bridgehead atoms. The summed E-state index contributed by atoms with van der Waals surface area (Å²) in [5, 5.41) is 7.43. The van der Waals surface area contributed by atoms with E-state index in [9.17, 15) is 8.78 Å². The van der Waals surface area contributed by atoms with Crippen molar-refractivity contribution in [2.24, 2.45) is 0 Å². The quantitative estimate of drug-likeness (QED) is 0.704. The normalized spacial score (nSPS) is 13.8. The molecular formula is C20H23F2N5. The summed E-state index contributed by atoms with van der Waals surface area (Å²) in [5.41, 5.74) is 5.04. The van der Waals surface area contributed by atoms with Crippen LogP contribution in [0.15, 0.2) is 36.7 Å². The highest BCUT2D eigenvalue weighted by atomic mass is 19.3. The second-order valence-corrected chi connectivity index (χ2v) is 6.94. The maximum atomic E-state index is 12.6. The molecule has 27 heavy (non-hydrogen) atoms. The molecule has 5 nitrogen and oxygen atoms in total. The Morgan fingerprint density at radius 2 is 2.11 bits per heavy atom. The predicted octanol–water partition coefficient (Wildman–Crippen LogP) is 4.27. The molecule has 3 heterocycles. The summed E-state index contributed by atoms with van der Waals surface area (Å²) in [5.74, 6) is 1.01. The molecule has 0 saturated carbocycles. The number of alkyl halides is 2. The molecule has 0 saturated heterocycles. The van der Waals surface area contributed by atoms with E-state index >= 15 is 0 Å². The number of nitrogens with zero attached hydrogens (tertiary/aromatic N) is 4. The van der Waals surface area contributed by atoms with Gasteiger partial charge in [0.2, 0.25) is 0 Å². The molecule has 0 fully saturated rings. The molecule has 3 aromatic rings. The Morgan fingerprint density at radius 1 is 1.22 bits per heavy atom. The molecule has 1 aromatic carbocycles. The first kappa shape index (κ1) is 17.7. The highest BCUT2D eigenvalue weighted by molar-refractivity contribution is 5.63. The van der Waals surface area contributed by atoms with Gasteiger partial charge in [-0.15, -0.1) is 0 Å². The molecule has 7 heteroatoms. The first-order valence-corrected chi connectivity index (χ1v) is 9.30. The number of nitrogens with one attached hydrogen (secondary N) is 1. The van der Waals surface area contributed by atoms with Crippen molar-refractivity contribution in [3.8, 4) is 11.4 Å². The minimum atomic E-state index is -2.40. The van der Waals surface area contributed by atoms with E-state index in [1.807, 2.05) is 25.3 Å². The lowest BCUT2D eigenvalue weighted by atomic mass is 10.1. The maximum Gasteiger partial charge on any atom is 0.257 e. The van der Waals surface area contributed by atoms with Gasteiger partial charge in [-0.05, 0) is 38.3 Å². The predicted molar refractivity (Wildman–Crippen MR) is 101 cm³/mol. The standard InChI is InChI=1S/C20H23F2N5/c1-14-16(11-25-27(14)13-19(21)22)10-23-17-6-4-5-15(9-17)20-24-12-18-7-2-3-8-26(18)20/h4-6,9,11-12,19,23H,2-3,7-8,10,13H2,1H3. The molecule has 4 rings (SSSR count). The first-order chi connectivity index (χ1) is 13.1. The van der Waals surface area contributed by atoms with Crippen molar-refractivity contribution in [1.82, 2.24) is 19.3 Å². The third-order valence-electron chi connectivity index (χ3n) is 5.12. The lowest BCUT2D eigenvalue weighted by Crippen LogP contribution is -2.11. The average molecular weight is 371 g/mol. The summed E-state index contributed by atoms with van der Waals surface area (Å²) in [7, 11) is 0. The van der Waals surface area contributed by atoms with Crippen LogP contribution in [0.4, 0.5) is 14.5 Å². The molecule has 0 spiro atoms. The van der Waals surface area contributed by atoms with Crippen molar-refractivity contribution in [2.75, 3.05) is 5.32 Å². The van der Waals surface area contributed by atoms with E-state index in [0.717, 1.165) is 41.3 Å². The van der Waals surface area contributed by atoms with E-state index in [4.69, 9.17) is 0 Å². The van der Waals surface area contributed by atoms with Gasteiger partial charge < -0.3 is 9.88 Å². The van der Waals surface area contributed by atoms with Crippen molar-refractivity contribution in [3.05, 3.63) is 53.6 Å². The van der Waals surface area contributed by atoms with Crippen LogP contribution in [-0.4, -0.2) is 25.8 Å². The Balaban J connectivity index is 1.49. The molecule has 1 aliphatic heterocycles. The second kappa shape index (κ2) is 7.50. The zero-order chi connectivity index (χ0) is 18.8. The average Bonchev–Trinajstić information content (AvgIpc) is 3.24. The molecule has 2 aromatic heterocycles. The van der Waals surface area contributed by atoms with Crippen LogP contribution in [0.25, 0.3) is 11.4 Å². The van der Waals surface area contributed by atoms with Gasteiger partial charge in [-0.3, -0.25) is 4.68 Å². The van der Waals surface area contributed by atoms with Crippen molar-refractivity contribution in [3.63, 3.8) is 0 Å². The Kier molecular flexibility index (Phi) is 4.92. The number of imidazole rings is 1. The van der Waals surface area contributed by atoms with E-state index in [0.29, 0.717) is 6.54 Å². The summed E-state index contributed by atoms with van der Waals surface area (Å²) in [6.45, 7) is 3.01. The third-order valence-corrected chi connectivity index (χ3v) is 5.12. The number of benzene rings is 1. The number of hydrogen-bond acceptors (Lipinski definition) is 3. The summed E-state index contributed by atoms with van der Waals surface area (Å²) in [6.07, 6.45) is 4.74. The summed E-state index contributed by atoms with van der Waals surface area (Å²) < 4.78 is 28.8. The van der Waals surface area contributed by atoms with Gasteiger partial charge in [0.1, 0.15) is 12.4 Å². The molecule has 142 valence electrons. The number of hydrogen-bond donors (Lipinski definition) is 1. The molecule has 0 unspecified atom stereocenters. The van der Waals surface area contributed by atoms with Crippen molar-refractivity contribution < 1.29 is 8.78 Å². The van der Waals surface area contributed by atoms with E-state index in [-0.39, 0.29) is 6.54 Å². The largest absolute Gasteiger partial charge is 0.381 e. The van der Waals surface area contributed by atoms with Gasteiger partial charge in [0.15, 0.2) is 0 Å². The number of anilines is 1. The van der Waals surface area contributed by atoms with E-state index < -0.39 is 6.43 Å². The van der Waals surface area contributed by atoms with Crippen molar-refractivity contribution >= 4 is 5.69 Å². The van der Waals surface area contributed by atoms with Gasteiger partial charge in [0.05, 0.1) is 6.20 Å². The first-order valence-electron chi connectivity index (χ1n) is 9.30. The van der Waals surface area contributed by atoms with Gasteiger partial charge in [0, 0.05) is 47.5 Å². The van der Waals surface area contributed by atoms with Crippen molar-refractivity contribution in [1.29, 1.82) is 0 Å². The zero-order valence-corrected chi connectivity index (χ0v) is 15.3. The maximum absolute atomic E-state index is 12.6. The highest BCUT2D eigenvalue weighted by Crippen LogP contribution is 2.26. The van der Waals surface area contributed by atoms with Crippen LogP contribution in [0.2, 0.25) is 0 Å². The van der Waals surface area contributed by atoms with Crippen LogP contribution < -0.4 is 5.32 Å². The third kappa shape index (κ3) is 3.72. The topological polar surface area (TPSA) is 47.7 Å². The zero-order valence-electron chi connectivity index (χ0n) is 15.3. The van der Waals surface area contributed by atoms with Gasteiger partial charge >= 0.3 is 0 Å². The van der Waals surface area contributed by atoms with E-state index in [2.05, 4.69) is 32.1 Å². The van der Waals surface area contributed by atoms with Gasteiger partial charge in [-0.1, -0.05) is 12.1 Å². The Hall–Kier alpha value is -2.70. The van der Waals surface area contributed by atoms with Gasteiger partial charge in [0.25, 0.3) is 6.43 Å². The highest BCUT2D eigenvalue weighted by Gasteiger charge is 2.15. The molecule has 0 aliphatic carbocycles. The second-order valence-electron chi connectivity index (χ2n) is 6.94. The molecule has 1 N–H and O–H groups in total. The minimum absolute atomic E-state index is 0.369.